The lowest BCUT2D eigenvalue weighted by molar-refractivity contribution is 0.138. The Bertz CT molecular complexity index is 442. The Balaban J connectivity index is 1.57. The van der Waals surface area contributed by atoms with Gasteiger partial charge in [-0.2, -0.15) is 17.0 Å². The first-order chi connectivity index (χ1) is 10.1. The van der Waals surface area contributed by atoms with Crippen LogP contribution in [-0.2, 0) is 10.2 Å². The van der Waals surface area contributed by atoms with Crippen molar-refractivity contribution < 1.29 is 8.42 Å². The Labute approximate surface area is 128 Å². The van der Waals surface area contributed by atoms with Crippen LogP contribution < -0.4 is 5.32 Å². The summed E-state index contributed by atoms with van der Waals surface area (Å²) in [7, 11) is -3.24. The Hall–Kier alpha value is -0.210. The molecule has 2 unspecified atom stereocenters. The molecule has 3 saturated heterocycles. The summed E-state index contributed by atoms with van der Waals surface area (Å²) in [4.78, 5) is 2.45. The second-order valence-corrected chi connectivity index (χ2v) is 8.62. The second-order valence-electron chi connectivity index (χ2n) is 6.69. The smallest absolute Gasteiger partial charge is 0.282 e. The number of nitrogens with zero attached hydrogens (tertiary/aromatic N) is 3. The molecule has 0 saturated carbocycles. The Morgan fingerprint density at radius 2 is 1.76 bits per heavy atom. The van der Waals surface area contributed by atoms with Crippen molar-refractivity contribution in [2.45, 2.75) is 32.2 Å². The first-order valence-electron chi connectivity index (χ1n) is 8.27. The van der Waals surface area contributed by atoms with Gasteiger partial charge in [0.05, 0.1) is 0 Å². The summed E-state index contributed by atoms with van der Waals surface area (Å²) < 4.78 is 28.9. The lowest BCUT2D eigenvalue weighted by atomic mass is 10.0. The van der Waals surface area contributed by atoms with Crippen LogP contribution in [-0.4, -0.2) is 80.3 Å². The van der Waals surface area contributed by atoms with Gasteiger partial charge in [0.2, 0.25) is 0 Å². The van der Waals surface area contributed by atoms with E-state index in [1.54, 1.807) is 8.61 Å². The van der Waals surface area contributed by atoms with E-state index in [-0.39, 0.29) is 0 Å². The molecule has 2 atom stereocenters. The van der Waals surface area contributed by atoms with Gasteiger partial charge in [0, 0.05) is 51.9 Å². The lowest BCUT2D eigenvalue weighted by Gasteiger charge is -2.40. The van der Waals surface area contributed by atoms with E-state index in [0.29, 0.717) is 38.1 Å². The number of nitrogens with one attached hydrogen (secondary N) is 1. The second kappa shape index (κ2) is 6.50. The van der Waals surface area contributed by atoms with Crippen LogP contribution in [0, 0.1) is 5.92 Å². The van der Waals surface area contributed by atoms with Gasteiger partial charge in [-0.1, -0.05) is 6.92 Å². The van der Waals surface area contributed by atoms with Crippen molar-refractivity contribution in [1.82, 2.24) is 18.8 Å². The van der Waals surface area contributed by atoms with Crippen LogP contribution in [0.4, 0.5) is 0 Å². The summed E-state index contributed by atoms with van der Waals surface area (Å²) in [5.74, 6) is 0.486. The molecular formula is C14H28N4O2S. The molecule has 0 aromatic rings. The molecule has 0 aromatic carbocycles. The predicted molar refractivity (Wildman–Crippen MR) is 83.3 cm³/mol. The van der Waals surface area contributed by atoms with E-state index in [0.717, 1.165) is 39.0 Å². The fourth-order valence-corrected chi connectivity index (χ4v) is 5.52. The topological polar surface area (TPSA) is 55.9 Å². The molecule has 0 bridgehead atoms. The zero-order chi connectivity index (χ0) is 14.9. The summed E-state index contributed by atoms with van der Waals surface area (Å²) in [5.41, 5.74) is 0. The van der Waals surface area contributed by atoms with E-state index in [2.05, 4.69) is 17.1 Å². The number of piperidine rings is 1. The van der Waals surface area contributed by atoms with Crippen LogP contribution in [0.25, 0.3) is 0 Å². The monoisotopic (exact) mass is 316 g/mol. The van der Waals surface area contributed by atoms with Gasteiger partial charge >= 0.3 is 0 Å². The highest BCUT2D eigenvalue weighted by Crippen LogP contribution is 2.22. The SMILES string of the molecule is CC1CCCN(S(=O)(=O)N2CCN(C3CCNC3)CC2)C1. The largest absolute Gasteiger partial charge is 0.315 e. The van der Waals surface area contributed by atoms with Crippen molar-refractivity contribution >= 4 is 10.2 Å². The van der Waals surface area contributed by atoms with E-state index < -0.39 is 10.2 Å². The van der Waals surface area contributed by atoms with Gasteiger partial charge in [-0.05, 0) is 31.7 Å². The van der Waals surface area contributed by atoms with Gasteiger partial charge in [0.25, 0.3) is 10.2 Å². The molecule has 0 aromatic heterocycles. The molecule has 0 spiro atoms. The summed E-state index contributed by atoms with van der Waals surface area (Å²) in [5, 5.41) is 3.39. The van der Waals surface area contributed by atoms with E-state index in [4.69, 9.17) is 0 Å². The molecular weight excluding hydrogens is 288 g/mol. The third-order valence-electron chi connectivity index (χ3n) is 5.10. The maximum atomic E-state index is 12.7. The molecule has 6 nitrogen and oxygen atoms in total. The fraction of sp³-hybridized carbons (Fsp3) is 1.00. The van der Waals surface area contributed by atoms with Crippen molar-refractivity contribution in [1.29, 1.82) is 0 Å². The van der Waals surface area contributed by atoms with Crippen molar-refractivity contribution in [2.24, 2.45) is 5.92 Å². The fourth-order valence-electron chi connectivity index (χ4n) is 3.77. The van der Waals surface area contributed by atoms with Gasteiger partial charge in [-0.3, -0.25) is 4.90 Å². The van der Waals surface area contributed by atoms with Gasteiger partial charge in [0.15, 0.2) is 0 Å². The average Bonchev–Trinajstić information content (AvgIpc) is 3.02. The van der Waals surface area contributed by atoms with E-state index >= 15 is 0 Å². The van der Waals surface area contributed by atoms with Crippen LogP contribution in [0.15, 0.2) is 0 Å². The highest BCUT2D eigenvalue weighted by atomic mass is 32.2. The number of rotatable bonds is 3. The van der Waals surface area contributed by atoms with Crippen molar-refractivity contribution in [3.05, 3.63) is 0 Å². The molecule has 7 heteroatoms. The van der Waals surface area contributed by atoms with Crippen molar-refractivity contribution in [3.63, 3.8) is 0 Å². The minimum Gasteiger partial charge on any atom is -0.315 e. The van der Waals surface area contributed by atoms with Gasteiger partial charge in [0.1, 0.15) is 0 Å². The molecule has 0 radical (unpaired) electrons. The van der Waals surface area contributed by atoms with E-state index in [1.165, 1.54) is 6.42 Å². The minimum atomic E-state index is -3.24. The summed E-state index contributed by atoms with van der Waals surface area (Å²) in [6.07, 6.45) is 3.33. The van der Waals surface area contributed by atoms with Crippen LogP contribution in [0.2, 0.25) is 0 Å². The molecule has 0 aliphatic carbocycles. The summed E-state index contributed by atoms with van der Waals surface area (Å²) >= 11 is 0. The standard InChI is InChI=1S/C14H28N4O2S/c1-13-3-2-6-18(12-13)21(19,20)17-9-7-16(8-10-17)14-4-5-15-11-14/h13-15H,2-12H2,1H3. The molecule has 3 fully saturated rings. The molecule has 21 heavy (non-hydrogen) atoms. The van der Waals surface area contributed by atoms with Crippen LogP contribution in [0.3, 0.4) is 0 Å². The maximum absolute atomic E-state index is 12.7. The highest BCUT2D eigenvalue weighted by Gasteiger charge is 2.35. The van der Waals surface area contributed by atoms with E-state index in [1.807, 2.05) is 0 Å². The first-order valence-corrected chi connectivity index (χ1v) is 9.67. The third-order valence-corrected chi connectivity index (χ3v) is 7.10. The molecule has 1 N–H and O–H groups in total. The Morgan fingerprint density at radius 1 is 1.00 bits per heavy atom. The first kappa shape index (κ1) is 15.7. The zero-order valence-corrected chi connectivity index (χ0v) is 13.8. The Kier molecular flexibility index (Phi) is 4.85. The summed E-state index contributed by atoms with van der Waals surface area (Å²) in [6, 6.07) is 0.602. The molecule has 3 rings (SSSR count). The van der Waals surface area contributed by atoms with E-state index in [9.17, 15) is 8.42 Å². The zero-order valence-electron chi connectivity index (χ0n) is 13.0. The van der Waals surface area contributed by atoms with Crippen LogP contribution in [0.5, 0.6) is 0 Å². The number of piperazine rings is 1. The molecule has 3 aliphatic heterocycles. The van der Waals surface area contributed by atoms with Crippen LogP contribution in [0.1, 0.15) is 26.2 Å². The predicted octanol–water partition coefficient (Wildman–Crippen LogP) is -0.0574. The van der Waals surface area contributed by atoms with Gasteiger partial charge in [-0.25, -0.2) is 0 Å². The minimum absolute atomic E-state index is 0.486. The number of hydrogen-bond acceptors (Lipinski definition) is 4. The molecule has 122 valence electrons. The molecule has 3 heterocycles. The third kappa shape index (κ3) is 3.42. The highest BCUT2D eigenvalue weighted by molar-refractivity contribution is 7.86. The molecule has 3 aliphatic rings. The number of hydrogen-bond donors (Lipinski definition) is 1. The van der Waals surface area contributed by atoms with Crippen molar-refractivity contribution in [3.8, 4) is 0 Å². The van der Waals surface area contributed by atoms with Gasteiger partial charge in [-0.15, -0.1) is 0 Å². The van der Waals surface area contributed by atoms with Gasteiger partial charge < -0.3 is 5.32 Å². The quantitative estimate of drug-likeness (QED) is 0.793. The summed E-state index contributed by atoms with van der Waals surface area (Å²) in [6.45, 7) is 8.70. The van der Waals surface area contributed by atoms with Crippen molar-refractivity contribution in [2.75, 3.05) is 52.4 Å². The average molecular weight is 316 g/mol. The normalized spacial score (nSPS) is 34.3. The maximum Gasteiger partial charge on any atom is 0.282 e. The van der Waals surface area contributed by atoms with Crippen LogP contribution >= 0.6 is 0 Å². The lowest BCUT2D eigenvalue weighted by Crippen LogP contribution is -2.56. The Morgan fingerprint density at radius 3 is 2.38 bits per heavy atom. The molecule has 0 amide bonds.